The van der Waals surface area contributed by atoms with Gasteiger partial charge in [0, 0.05) is 6.54 Å². The van der Waals surface area contributed by atoms with Crippen LogP contribution in [0.15, 0.2) is 6.20 Å². The summed E-state index contributed by atoms with van der Waals surface area (Å²) in [6.07, 6.45) is -3.61. The molecule has 8 heteroatoms. The predicted octanol–water partition coefficient (Wildman–Crippen LogP) is 2.02. The average molecular weight is 238 g/mol. The van der Waals surface area contributed by atoms with Gasteiger partial charge in [0.25, 0.3) is 0 Å². The van der Waals surface area contributed by atoms with Crippen molar-refractivity contribution >= 4 is 11.8 Å². The largest absolute Gasteiger partial charge is 0.405 e. The van der Waals surface area contributed by atoms with Gasteiger partial charge in [0.15, 0.2) is 11.6 Å². The number of aromatic nitrogens is 2. The third kappa shape index (κ3) is 3.87. The summed E-state index contributed by atoms with van der Waals surface area (Å²) in [5.41, 5.74) is 0. The molecule has 0 amide bonds. The first-order chi connectivity index (χ1) is 7.42. The molecule has 16 heavy (non-hydrogen) atoms. The molecule has 1 aromatic rings. The quantitative estimate of drug-likeness (QED) is 0.788. The lowest BCUT2D eigenvalue weighted by Gasteiger charge is -2.10. The van der Waals surface area contributed by atoms with Crippen LogP contribution in [0.1, 0.15) is 6.92 Å². The molecular formula is C8H10F4N4. The molecular weight excluding hydrogens is 228 g/mol. The van der Waals surface area contributed by atoms with Gasteiger partial charge in [-0.3, -0.25) is 0 Å². The minimum absolute atomic E-state index is 0.0774. The van der Waals surface area contributed by atoms with Crippen molar-refractivity contribution in [2.45, 2.75) is 13.1 Å². The first-order valence-corrected chi connectivity index (χ1v) is 4.49. The number of halogens is 4. The number of alkyl halides is 3. The van der Waals surface area contributed by atoms with Crippen LogP contribution in [-0.2, 0) is 0 Å². The SMILES string of the molecule is CCNc1ncc(F)c(NCC(F)(F)F)n1. The van der Waals surface area contributed by atoms with Gasteiger partial charge in [0.1, 0.15) is 6.54 Å². The molecule has 1 heterocycles. The lowest BCUT2D eigenvalue weighted by atomic mass is 10.5. The molecule has 0 radical (unpaired) electrons. The van der Waals surface area contributed by atoms with Gasteiger partial charge in [0.05, 0.1) is 6.20 Å². The highest BCUT2D eigenvalue weighted by atomic mass is 19.4. The van der Waals surface area contributed by atoms with Crippen LogP contribution in [0.4, 0.5) is 29.3 Å². The summed E-state index contributed by atoms with van der Waals surface area (Å²) >= 11 is 0. The summed E-state index contributed by atoms with van der Waals surface area (Å²) in [5.74, 6) is -1.32. The number of rotatable bonds is 4. The Labute approximate surface area is 89.1 Å². The van der Waals surface area contributed by atoms with E-state index in [0.29, 0.717) is 6.54 Å². The van der Waals surface area contributed by atoms with Crippen LogP contribution in [0.5, 0.6) is 0 Å². The highest BCUT2D eigenvalue weighted by molar-refractivity contribution is 5.41. The van der Waals surface area contributed by atoms with Gasteiger partial charge < -0.3 is 10.6 Å². The van der Waals surface area contributed by atoms with E-state index in [1.807, 2.05) is 5.32 Å². The molecule has 1 rings (SSSR count). The van der Waals surface area contributed by atoms with Crippen molar-refractivity contribution in [3.05, 3.63) is 12.0 Å². The molecule has 0 saturated carbocycles. The van der Waals surface area contributed by atoms with Crippen LogP contribution in [0.2, 0.25) is 0 Å². The minimum atomic E-state index is -4.42. The van der Waals surface area contributed by atoms with E-state index < -0.39 is 24.4 Å². The smallest absolute Gasteiger partial charge is 0.359 e. The fourth-order valence-corrected chi connectivity index (χ4v) is 0.918. The van der Waals surface area contributed by atoms with Crippen molar-refractivity contribution in [1.82, 2.24) is 9.97 Å². The second-order valence-electron chi connectivity index (χ2n) is 2.89. The number of hydrogen-bond donors (Lipinski definition) is 2. The zero-order chi connectivity index (χ0) is 12.2. The van der Waals surface area contributed by atoms with Crippen molar-refractivity contribution < 1.29 is 17.6 Å². The molecule has 2 N–H and O–H groups in total. The van der Waals surface area contributed by atoms with E-state index in [9.17, 15) is 17.6 Å². The first-order valence-electron chi connectivity index (χ1n) is 4.49. The summed E-state index contributed by atoms with van der Waals surface area (Å²) < 4.78 is 48.6. The molecule has 0 spiro atoms. The normalized spacial score (nSPS) is 11.3. The van der Waals surface area contributed by atoms with Crippen molar-refractivity contribution in [3.8, 4) is 0 Å². The summed E-state index contributed by atoms with van der Waals surface area (Å²) in [6.45, 7) is 0.909. The van der Waals surface area contributed by atoms with Crippen molar-refractivity contribution in [1.29, 1.82) is 0 Å². The monoisotopic (exact) mass is 238 g/mol. The Balaban J connectivity index is 2.74. The summed E-state index contributed by atoms with van der Waals surface area (Å²) in [7, 11) is 0. The van der Waals surface area contributed by atoms with Gasteiger partial charge in [0.2, 0.25) is 5.95 Å². The van der Waals surface area contributed by atoms with Gasteiger partial charge in [-0.05, 0) is 6.92 Å². The molecule has 0 saturated heterocycles. The maximum absolute atomic E-state index is 13.0. The second kappa shape index (κ2) is 4.95. The molecule has 0 aromatic carbocycles. The van der Waals surface area contributed by atoms with Crippen LogP contribution in [0.25, 0.3) is 0 Å². The van der Waals surface area contributed by atoms with Gasteiger partial charge >= 0.3 is 6.18 Å². The van der Waals surface area contributed by atoms with Gasteiger partial charge in [-0.1, -0.05) is 0 Å². The molecule has 4 nitrogen and oxygen atoms in total. The Hall–Kier alpha value is -1.60. The van der Waals surface area contributed by atoms with Crippen LogP contribution in [0, 0.1) is 5.82 Å². The molecule has 0 bridgehead atoms. The van der Waals surface area contributed by atoms with Crippen molar-refractivity contribution in [3.63, 3.8) is 0 Å². The third-order valence-corrected chi connectivity index (χ3v) is 1.54. The Kier molecular flexibility index (Phi) is 3.86. The molecule has 90 valence electrons. The highest BCUT2D eigenvalue weighted by Crippen LogP contribution is 2.17. The molecule has 1 aromatic heterocycles. The summed E-state index contributed by atoms with van der Waals surface area (Å²) in [6, 6.07) is 0. The number of anilines is 2. The first kappa shape index (κ1) is 12.5. The summed E-state index contributed by atoms with van der Waals surface area (Å²) in [4.78, 5) is 7.11. The Morgan fingerprint density at radius 2 is 2.00 bits per heavy atom. The standard InChI is InChI=1S/C8H10F4N4/c1-2-13-7-14-3-5(9)6(16-7)15-4-8(10,11)12/h3H,2,4H2,1H3,(H2,13,14,15,16). The predicted molar refractivity (Wildman–Crippen MR) is 50.7 cm³/mol. The maximum Gasteiger partial charge on any atom is 0.405 e. The number of nitrogens with zero attached hydrogens (tertiary/aromatic N) is 2. The zero-order valence-electron chi connectivity index (χ0n) is 8.40. The fourth-order valence-electron chi connectivity index (χ4n) is 0.918. The highest BCUT2D eigenvalue weighted by Gasteiger charge is 2.27. The number of hydrogen-bond acceptors (Lipinski definition) is 4. The van der Waals surface area contributed by atoms with E-state index in [2.05, 4.69) is 15.3 Å². The number of nitrogens with one attached hydrogen (secondary N) is 2. The van der Waals surface area contributed by atoms with E-state index in [-0.39, 0.29) is 5.95 Å². The fraction of sp³-hybridized carbons (Fsp3) is 0.500. The van der Waals surface area contributed by atoms with Gasteiger partial charge in [-0.2, -0.15) is 18.2 Å². The van der Waals surface area contributed by atoms with Gasteiger partial charge in [-0.25, -0.2) is 9.37 Å². The average Bonchev–Trinajstić information content (AvgIpc) is 2.18. The molecule has 0 atom stereocenters. The van der Waals surface area contributed by atoms with Crippen LogP contribution in [0.3, 0.4) is 0 Å². The van der Waals surface area contributed by atoms with Gasteiger partial charge in [-0.15, -0.1) is 0 Å². The van der Waals surface area contributed by atoms with E-state index in [1.165, 1.54) is 0 Å². The molecule has 0 aliphatic rings. The Morgan fingerprint density at radius 1 is 1.31 bits per heavy atom. The van der Waals surface area contributed by atoms with Crippen molar-refractivity contribution in [2.75, 3.05) is 23.7 Å². The lowest BCUT2D eigenvalue weighted by molar-refractivity contribution is -0.115. The van der Waals surface area contributed by atoms with Crippen molar-refractivity contribution in [2.24, 2.45) is 0 Å². The molecule has 0 aliphatic carbocycles. The van der Waals surface area contributed by atoms with E-state index in [4.69, 9.17) is 0 Å². The van der Waals surface area contributed by atoms with Crippen LogP contribution < -0.4 is 10.6 Å². The van der Waals surface area contributed by atoms with E-state index >= 15 is 0 Å². The topological polar surface area (TPSA) is 49.8 Å². The third-order valence-electron chi connectivity index (χ3n) is 1.54. The molecule has 0 fully saturated rings. The van der Waals surface area contributed by atoms with Crippen LogP contribution >= 0.6 is 0 Å². The Morgan fingerprint density at radius 3 is 2.56 bits per heavy atom. The Bertz CT molecular complexity index is 352. The zero-order valence-corrected chi connectivity index (χ0v) is 8.40. The van der Waals surface area contributed by atoms with E-state index in [1.54, 1.807) is 6.92 Å². The second-order valence-corrected chi connectivity index (χ2v) is 2.89. The summed E-state index contributed by atoms with van der Waals surface area (Å²) in [5, 5.41) is 4.52. The molecule has 0 unspecified atom stereocenters. The maximum atomic E-state index is 13.0. The van der Waals surface area contributed by atoms with E-state index in [0.717, 1.165) is 6.20 Å². The minimum Gasteiger partial charge on any atom is -0.359 e. The molecule has 0 aliphatic heterocycles. The lowest BCUT2D eigenvalue weighted by Crippen LogP contribution is -2.22. The van der Waals surface area contributed by atoms with Crippen LogP contribution in [-0.4, -0.2) is 29.2 Å².